The topological polar surface area (TPSA) is 33.2 Å². The number of benzene rings is 2. The molecular weight excluding hydrogens is 355 g/mol. The monoisotopic (exact) mass is 372 g/mol. The van der Waals surface area contributed by atoms with Gasteiger partial charge in [-0.3, -0.25) is 4.79 Å². The summed E-state index contributed by atoms with van der Waals surface area (Å²) in [7, 11) is 0. The first-order chi connectivity index (χ1) is 12.2. The van der Waals surface area contributed by atoms with Crippen molar-refractivity contribution in [1.82, 2.24) is 9.88 Å². The molecule has 4 rings (SSSR count). The first kappa shape index (κ1) is 16.5. The Balaban J connectivity index is 1.50. The van der Waals surface area contributed by atoms with Gasteiger partial charge in [-0.05, 0) is 30.7 Å². The minimum atomic E-state index is -0.157. The molecule has 1 aliphatic heterocycles. The number of thioether (sulfide) groups is 1. The molecule has 3 nitrogen and oxygen atoms in total. The molecule has 2 aromatic carbocycles. The molecule has 1 amide bonds. The van der Waals surface area contributed by atoms with Crippen LogP contribution >= 0.6 is 23.1 Å². The van der Waals surface area contributed by atoms with Crippen LogP contribution in [0.25, 0.3) is 10.2 Å². The van der Waals surface area contributed by atoms with E-state index in [-0.39, 0.29) is 17.0 Å². The summed E-state index contributed by atoms with van der Waals surface area (Å²) >= 11 is 3.27. The van der Waals surface area contributed by atoms with E-state index in [0.29, 0.717) is 18.7 Å². The smallest absolute Gasteiger partial charge is 0.253 e. The number of fused-ring (bicyclic) bond motifs is 1. The molecule has 0 N–H and O–H groups in total. The molecule has 0 saturated carbocycles. The highest BCUT2D eigenvalue weighted by Crippen LogP contribution is 2.36. The quantitative estimate of drug-likeness (QED) is 0.650. The van der Waals surface area contributed by atoms with Gasteiger partial charge in [0, 0.05) is 35.2 Å². The van der Waals surface area contributed by atoms with E-state index in [1.165, 1.54) is 6.07 Å². The van der Waals surface area contributed by atoms with Crippen LogP contribution in [0.4, 0.5) is 4.39 Å². The number of nitrogens with zero attached hydrogens (tertiary/aromatic N) is 2. The van der Waals surface area contributed by atoms with Crippen LogP contribution in [-0.2, 0) is 0 Å². The van der Waals surface area contributed by atoms with Crippen LogP contribution in [0.5, 0.6) is 0 Å². The molecule has 25 heavy (non-hydrogen) atoms. The Bertz CT molecular complexity index is 911. The van der Waals surface area contributed by atoms with Gasteiger partial charge >= 0.3 is 0 Å². The van der Waals surface area contributed by atoms with Crippen molar-refractivity contribution in [2.75, 3.05) is 18.8 Å². The summed E-state index contributed by atoms with van der Waals surface area (Å²) in [4.78, 5) is 19.0. The van der Waals surface area contributed by atoms with Gasteiger partial charge in [-0.1, -0.05) is 18.2 Å². The number of halogens is 1. The highest BCUT2D eigenvalue weighted by atomic mass is 32.2. The maximum atomic E-state index is 14.0. The first-order valence-corrected chi connectivity index (χ1v) is 10.1. The summed E-state index contributed by atoms with van der Waals surface area (Å²) < 4.78 is 15.1. The minimum absolute atomic E-state index is 0.0464. The maximum Gasteiger partial charge on any atom is 0.253 e. The fourth-order valence-corrected chi connectivity index (χ4v) is 5.10. The standard InChI is InChI=1S/C19H17FN2OS2/c20-15-4-2-1-3-14(15)17-7-8-22(9-10-24-17)19(23)13-5-6-16-18(11-13)25-12-21-16/h1-6,11-12,17H,7-10H2. The molecule has 2 heterocycles. The molecule has 3 aromatic rings. The number of aromatic nitrogens is 1. The lowest BCUT2D eigenvalue weighted by atomic mass is 10.1. The Morgan fingerprint density at radius 2 is 2.08 bits per heavy atom. The molecule has 1 atom stereocenters. The van der Waals surface area contributed by atoms with Crippen molar-refractivity contribution in [2.45, 2.75) is 11.7 Å². The number of thiazole rings is 1. The van der Waals surface area contributed by atoms with Gasteiger partial charge in [-0.25, -0.2) is 9.37 Å². The summed E-state index contributed by atoms with van der Waals surface area (Å²) in [6, 6.07) is 12.6. The van der Waals surface area contributed by atoms with E-state index in [2.05, 4.69) is 4.98 Å². The van der Waals surface area contributed by atoms with Crippen molar-refractivity contribution >= 4 is 39.2 Å². The van der Waals surface area contributed by atoms with Crippen LogP contribution in [0, 0.1) is 5.82 Å². The number of carbonyl (C=O) groups excluding carboxylic acids is 1. The van der Waals surface area contributed by atoms with Gasteiger partial charge in [0.05, 0.1) is 15.7 Å². The second kappa shape index (κ2) is 7.14. The molecule has 0 radical (unpaired) electrons. The summed E-state index contributed by atoms with van der Waals surface area (Å²) in [5.74, 6) is 0.702. The van der Waals surface area contributed by atoms with Gasteiger partial charge in [0.25, 0.3) is 5.91 Å². The molecule has 128 valence electrons. The molecule has 1 saturated heterocycles. The lowest BCUT2D eigenvalue weighted by molar-refractivity contribution is 0.0766. The van der Waals surface area contributed by atoms with Gasteiger partial charge in [-0.2, -0.15) is 11.8 Å². The van der Waals surface area contributed by atoms with Crippen LogP contribution in [0.1, 0.15) is 27.6 Å². The lowest BCUT2D eigenvalue weighted by Crippen LogP contribution is -2.32. The molecule has 1 fully saturated rings. The first-order valence-electron chi connectivity index (χ1n) is 8.21. The Kier molecular flexibility index (Phi) is 4.72. The molecule has 6 heteroatoms. The molecular formula is C19H17FN2OS2. The number of hydrogen-bond acceptors (Lipinski definition) is 4. The molecule has 0 spiro atoms. The van der Waals surface area contributed by atoms with Crippen molar-refractivity contribution in [3.63, 3.8) is 0 Å². The zero-order valence-corrected chi connectivity index (χ0v) is 15.2. The molecule has 1 aliphatic rings. The fraction of sp³-hybridized carbons (Fsp3) is 0.263. The zero-order valence-electron chi connectivity index (χ0n) is 13.5. The summed E-state index contributed by atoms with van der Waals surface area (Å²) in [6.45, 7) is 1.33. The van der Waals surface area contributed by atoms with E-state index in [9.17, 15) is 9.18 Å². The zero-order chi connectivity index (χ0) is 17.2. The Morgan fingerprint density at radius 3 is 2.96 bits per heavy atom. The van der Waals surface area contributed by atoms with E-state index in [1.54, 1.807) is 34.7 Å². The molecule has 1 unspecified atom stereocenters. The van der Waals surface area contributed by atoms with E-state index in [1.807, 2.05) is 35.2 Å². The van der Waals surface area contributed by atoms with Gasteiger partial charge in [0.1, 0.15) is 5.82 Å². The SMILES string of the molecule is O=C(c1ccc2ncsc2c1)N1CCSC(c2ccccc2F)CC1. The van der Waals surface area contributed by atoms with Gasteiger partial charge in [0.15, 0.2) is 0 Å². The normalized spacial score (nSPS) is 18.3. The van der Waals surface area contributed by atoms with Crippen molar-refractivity contribution in [2.24, 2.45) is 0 Å². The lowest BCUT2D eigenvalue weighted by Gasteiger charge is -2.20. The predicted molar refractivity (Wildman–Crippen MR) is 102 cm³/mol. The van der Waals surface area contributed by atoms with E-state index in [4.69, 9.17) is 0 Å². The summed E-state index contributed by atoms with van der Waals surface area (Å²) in [5, 5.41) is 0.1000. The van der Waals surface area contributed by atoms with Crippen LogP contribution in [-0.4, -0.2) is 34.6 Å². The highest BCUT2D eigenvalue weighted by molar-refractivity contribution is 7.99. The van der Waals surface area contributed by atoms with Crippen molar-refractivity contribution < 1.29 is 9.18 Å². The average molecular weight is 372 g/mol. The van der Waals surface area contributed by atoms with Crippen molar-refractivity contribution in [1.29, 1.82) is 0 Å². The van der Waals surface area contributed by atoms with Crippen LogP contribution in [0.2, 0.25) is 0 Å². The summed E-state index contributed by atoms with van der Waals surface area (Å²) in [5.41, 5.74) is 4.16. The largest absolute Gasteiger partial charge is 0.338 e. The minimum Gasteiger partial charge on any atom is -0.338 e. The third-order valence-electron chi connectivity index (χ3n) is 4.46. The Morgan fingerprint density at radius 1 is 1.20 bits per heavy atom. The highest BCUT2D eigenvalue weighted by Gasteiger charge is 2.24. The number of hydrogen-bond donors (Lipinski definition) is 0. The van der Waals surface area contributed by atoms with E-state index in [0.717, 1.165) is 28.0 Å². The second-order valence-corrected chi connectivity index (χ2v) is 8.19. The van der Waals surface area contributed by atoms with Crippen LogP contribution < -0.4 is 0 Å². The fourth-order valence-electron chi connectivity index (χ4n) is 3.13. The molecule has 0 bridgehead atoms. The summed E-state index contributed by atoms with van der Waals surface area (Å²) in [6.07, 6.45) is 0.764. The van der Waals surface area contributed by atoms with E-state index >= 15 is 0 Å². The van der Waals surface area contributed by atoms with Crippen molar-refractivity contribution in [3.8, 4) is 0 Å². The Hall–Kier alpha value is -1.92. The molecule has 0 aliphatic carbocycles. The second-order valence-electron chi connectivity index (χ2n) is 6.00. The number of carbonyl (C=O) groups is 1. The number of amides is 1. The van der Waals surface area contributed by atoms with Crippen LogP contribution in [0.15, 0.2) is 48.0 Å². The number of rotatable bonds is 2. The van der Waals surface area contributed by atoms with Gasteiger partial charge in [0.2, 0.25) is 0 Å². The Labute approximate surface area is 153 Å². The third kappa shape index (κ3) is 3.41. The predicted octanol–water partition coefficient (Wildman–Crippen LogP) is 4.76. The molecule has 1 aromatic heterocycles. The third-order valence-corrected chi connectivity index (χ3v) is 6.56. The average Bonchev–Trinajstić information content (AvgIpc) is 2.97. The van der Waals surface area contributed by atoms with Gasteiger partial charge in [-0.15, -0.1) is 11.3 Å². The van der Waals surface area contributed by atoms with Crippen molar-refractivity contribution in [3.05, 3.63) is 64.9 Å². The maximum absolute atomic E-state index is 14.0. The van der Waals surface area contributed by atoms with Gasteiger partial charge < -0.3 is 4.90 Å². The van der Waals surface area contributed by atoms with Crippen LogP contribution in [0.3, 0.4) is 0 Å². The van der Waals surface area contributed by atoms with E-state index < -0.39 is 0 Å².